The number of rotatable bonds is 7. The van der Waals surface area contributed by atoms with Crippen LogP contribution in [-0.2, 0) is 11.3 Å². The Hall–Kier alpha value is -1.10. The van der Waals surface area contributed by atoms with Crippen LogP contribution in [0.25, 0.3) is 0 Å². The topological polar surface area (TPSA) is 60.8 Å². The summed E-state index contributed by atoms with van der Waals surface area (Å²) in [7, 11) is 0. The molecule has 0 bridgehead atoms. The maximum Gasteiger partial charge on any atom is 0.304 e. The van der Waals surface area contributed by atoms with E-state index in [9.17, 15) is 4.79 Å². The van der Waals surface area contributed by atoms with Gasteiger partial charge in [0.1, 0.15) is 0 Å². The lowest BCUT2D eigenvalue weighted by Crippen LogP contribution is -2.29. The first-order valence-corrected chi connectivity index (χ1v) is 6.21. The van der Waals surface area contributed by atoms with Gasteiger partial charge in [0.25, 0.3) is 0 Å². The molecule has 2 N–H and O–H groups in total. The second-order valence-corrected chi connectivity index (χ2v) is 4.57. The molecule has 18 heavy (non-hydrogen) atoms. The molecule has 1 aromatic carbocycles. The van der Waals surface area contributed by atoms with Gasteiger partial charge in [-0.15, -0.1) is 0 Å². The van der Waals surface area contributed by atoms with Crippen LogP contribution in [0.5, 0.6) is 0 Å². The number of carboxylic acids is 1. The van der Waals surface area contributed by atoms with Crippen LogP contribution in [0.15, 0.2) is 18.2 Å². The fourth-order valence-corrected chi connectivity index (χ4v) is 1.92. The van der Waals surface area contributed by atoms with Gasteiger partial charge in [-0.2, -0.15) is 0 Å². The molecular weight excluding hydrogens is 254 g/mol. The zero-order chi connectivity index (χ0) is 13.5. The Morgan fingerprint density at radius 1 is 1.39 bits per heavy atom. The van der Waals surface area contributed by atoms with Crippen LogP contribution in [-0.4, -0.2) is 40.8 Å². The van der Waals surface area contributed by atoms with Crippen molar-refractivity contribution in [2.75, 3.05) is 19.7 Å². The minimum Gasteiger partial charge on any atom is -0.481 e. The van der Waals surface area contributed by atoms with E-state index in [0.29, 0.717) is 24.7 Å². The molecule has 1 rings (SSSR count). The molecule has 0 saturated carbocycles. The van der Waals surface area contributed by atoms with Gasteiger partial charge in [-0.3, -0.25) is 9.69 Å². The van der Waals surface area contributed by atoms with Crippen molar-refractivity contribution >= 4 is 17.6 Å². The van der Waals surface area contributed by atoms with Crippen molar-refractivity contribution in [3.63, 3.8) is 0 Å². The summed E-state index contributed by atoms with van der Waals surface area (Å²) in [6.07, 6.45) is 0.0691. The number of benzene rings is 1. The summed E-state index contributed by atoms with van der Waals surface area (Å²) in [5.41, 5.74) is 2.05. The van der Waals surface area contributed by atoms with E-state index in [1.54, 1.807) is 0 Å². The van der Waals surface area contributed by atoms with E-state index >= 15 is 0 Å². The highest BCUT2D eigenvalue weighted by Gasteiger charge is 2.10. The highest BCUT2D eigenvalue weighted by molar-refractivity contribution is 6.31. The Kier molecular flexibility index (Phi) is 6.12. The molecule has 0 unspecified atom stereocenters. The predicted molar refractivity (Wildman–Crippen MR) is 70.8 cm³/mol. The first-order chi connectivity index (χ1) is 8.54. The maximum absolute atomic E-state index is 10.6. The number of hydrogen-bond acceptors (Lipinski definition) is 3. The van der Waals surface area contributed by atoms with Crippen LogP contribution in [0.1, 0.15) is 17.5 Å². The van der Waals surface area contributed by atoms with Crippen LogP contribution < -0.4 is 0 Å². The third-order valence-electron chi connectivity index (χ3n) is 2.83. The predicted octanol–water partition coefficient (Wildman–Crippen LogP) is 1.92. The van der Waals surface area contributed by atoms with Crippen molar-refractivity contribution in [3.8, 4) is 0 Å². The molecule has 0 amide bonds. The molecule has 0 aromatic heterocycles. The molecule has 0 aliphatic carbocycles. The van der Waals surface area contributed by atoms with Crippen LogP contribution in [0.2, 0.25) is 5.02 Å². The molecule has 5 heteroatoms. The Bertz CT molecular complexity index is 409. The summed E-state index contributed by atoms with van der Waals surface area (Å²) in [5.74, 6) is -0.833. The van der Waals surface area contributed by atoms with Crippen molar-refractivity contribution in [3.05, 3.63) is 34.3 Å². The average Bonchev–Trinajstić information content (AvgIpc) is 2.32. The number of aliphatic hydroxyl groups excluding tert-OH is 1. The Morgan fingerprint density at radius 3 is 2.72 bits per heavy atom. The number of carboxylic acid groups (broad SMARTS) is 1. The number of halogens is 1. The largest absolute Gasteiger partial charge is 0.481 e. The fourth-order valence-electron chi connectivity index (χ4n) is 1.73. The summed E-state index contributed by atoms with van der Waals surface area (Å²) in [5, 5.41) is 18.4. The average molecular weight is 272 g/mol. The molecule has 0 spiro atoms. The number of aliphatic carboxylic acids is 1. The normalized spacial score (nSPS) is 10.9. The zero-order valence-electron chi connectivity index (χ0n) is 10.4. The standard InChI is InChI=1S/C13H18ClNO3/c1-10-11(3-2-4-12(10)14)9-15(7-8-16)6-5-13(17)18/h2-4,16H,5-9H2,1H3,(H,17,18). The molecular formula is C13H18ClNO3. The van der Waals surface area contributed by atoms with Crippen molar-refractivity contribution in [2.45, 2.75) is 19.9 Å². The van der Waals surface area contributed by atoms with Gasteiger partial charge < -0.3 is 10.2 Å². The first kappa shape index (κ1) is 15.0. The van der Waals surface area contributed by atoms with Gasteiger partial charge in [0.05, 0.1) is 13.0 Å². The fraction of sp³-hybridized carbons (Fsp3) is 0.462. The third-order valence-corrected chi connectivity index (χ3v) is 3.24. The van der Waals surface area contributed by atoms with Gasteiger partial charge in [0.2, 0.25) is 0 Å². The van der Waals surface area contributed by atoms with Crippen LogP contribution in [0.4, 0.5) is 0 Å². The molecule has 100 valence electrons. The summed E-state index contributed by atoms with van der Waals surface area (Å²) >= 11 is 6.04. The van der Waals surface area contributed by atoms with E-state index in [1.807, 2.05) is 30.0 Å². The van der Waals surface area contributed by atoms with Gasteiger partial charge >= 0.3 is 5.97 Å². The molecule has 0 radical (unpaired) electrons. The second kappa shape index (κ2) is 7.36. The Labute approximate surface area is 112 Å². The minimum absolute atomic E-state index is 0.0131. The van der Waals surface area contributed by atoms with Crippen LogP contribution in [0, 0.1) is 6.92 Å². The van der Waals surface area contributed by atoms with Gasteiger partial charge in [-0.1, -0.05) is 23.7 Å². The summed E-state index contributed by atoms with van der Waals surface area (Å²) in [6, 6.07) is 5.67. The van der Waals surface area contributed by atoms with Crippen molar-refractivity contribution in [1.29, 1.82) is 0 Å². The molecule has 1 aromatic rings. The van der Waals surface area contributed by atoms with Gasteiger partial charge in [-0.25, -0.2) is 0 Å². The highest BCUT2D eigenvalue weighted by Crippen LogP contribution is 2.20. The molecule has 0 heterocycles. The number of aliphatic hydroxyl groups is 1. The first-order valence-electron chi connectivity index (χ1n) is 5.83. The van der Waals surface area contributed by atoms with E-state index in [4.69, 9.17) is 21.8 Å². The van der Waals surface area contributed by atoms with Crippen LogP contribution in [0.3, 0.4) is 0 Å². The van der Waals surface area contributed by atoms with E-state index in [-0.39, 0.29) is 13.0 Å². The summed E-state index contributed by atoms with van der Waals surface area (Å²) < 4.78 is 0. The number of nitrogens with zero attached hydrogens (tertiary/aromatic N) is 1. The Balaban J connectivity index is 2.70. The molecule has 4 nitrogen and oxygen atoms in total. The summed E-state index contributed by atoms with van der Waals surface area (Å²) in [6.45, 7) is 3.42. The molecule has 0 saturated heterocycles. The number of hydrogen-bond donors (Lipinski definition) is 2. The van der Waals surface area contributed by atoms with Crippen molar-refractivity contribution in [1.82, 2.24) is 4.90 Å². The second-order valence-electron chi connectivity index (χ2n) is 4.17. The molecule has 0 fully saturated rings. The summed E-state index contributed by atoms with van der Waals surface area (Å²) in [4.78, 5) is 12.5. The quantitative estimate of drug-likeness (QED) is 0.795. The lowest BCUT2D eigenvalue weighted by Gasteiger charge is -2.21. The number of carbonyl (C=O) groups is 1. The minimum atomic E-state index is -0.833. The lowest BCUT2D eigenvalue weighted by atomic mass is 10.1. The Morgan fingerprint density at radius 2 is 2.11 bits per heavy atom. The zero-order valence-corrected chi connectivity index (χ0v) is 11.2. The highest BCUT2D eigenvalue weighted by atomic mass is 35.5. The van der Waals surface area contributed by atoms with Crippen LogP contribution >= 0.6 is 11.6 Å². The molecule has 0 aliphatic heterocycles. The molecule has 0 atom stereocenters. The van der Waals surface area contributed by atoms with E-state index in [1.165, 1.54) is 0 Å². The van der Waals surface area contributed by atoms with Gasteiger partial charge in [-0.05, 0) is 24.1 Å². The van der Waals surface area contributed by atoms with Gasteiger partial charge in [0, 0.05) is 24.7 Å². The molecule has 0 aliphatic rings. The van der Waals surface area contributed by atoms with Crippen molar-refractivity contribution in [2.24, 2.45) is 0 Å². The monoisotopic (exact) mass is 271 g/mol. The smallest absolute Gasteiger partial charge is 0.304 e. The SMILES string of the molecule is Cc1c(Cl)cccc1CN(CCO)CCC(=O)O. The van der Waals surface area contributed by atoms with Crippen molar-refractivity contribution < 1.29 is 15.0 Å². The van der Waals surface area contributed by atoms with E-state index in [2.05, 4.69) is 0 Å². The lowest BCUT2D eigenvalue weighted by molar-refractivity contribution is -0.137. The van der Waals surface area contributed by atoms with E-state index < -0.39 is 5.97 Å². The third kappa shape index (κ3) is 4.64. The maximum atomic E-state index is 10.6. The van der Waals surface area contributed by atoms with E-state index in [0.717, 1.165) is 11.1 Å². The van der Waals surface area contributed by atoms with Gasteiger partial charge in [0.15, 0.2) is 0 Å².